The molecule has 26 heavy (non-hydrogen) atoms. The first-order valence-electron chi connectivity index (χ1n) is 8.32. The maximum Gasteiger partial charge on any atom is 0.339 e. The summed E-state index contributed by atoms with van der Waals surface area (Å²) in [6.07, 6.45) is 1.34. The van der Waals surface area contributed by atoms with Crippen LogP contribution in [0.3, 0.4) is 0 Å². The zero-order valence-corrected chi connectivity index (χ0v) is 14.8. The zero-order valence-electron chi connectivity index (χ0n) is 14.8. The molecule has 0 unspecified atom stereocenters. The lowest BCUT2D eigenvalue weighted by Gasteiger charge is -2.32. The molecule has 2 aromatic rings. The van der Waals surface area contributed by atoms with E-state index in [0.717, 1.165) is 13.1 Å². The summed E-state index contributed by atoms with van der Waals surface area (Å²) in [6, 6.07) is 8.54. The van der Waals surface area contributed by atoms with E-state index in [1.54, 1.807) is 35.2 Å². The van der Waals surface area contributed by atoms with Gasteiger partial charge in [-0.05, 0) is 19.2 Å². The number of benzene rings is 1. The largest absolute Gasteiger partial charge is 0.465 e. The predicted octanol–water partition coefficient (Wildman–Crippen LogP) is 1.39. The summed E-state index contributed by atoms with van der Waals surface area (Å²) in [5.41, 5.74) is 1.26. The molecule has 8 nitrogen and oxygen atoms in total. The number of rotatable bonds is 4. The second-order valence-electron chi connectivity index (χ2n) is 6.05. The van der Waals surface area contributed by atoms with Gasteiger partial charge < -0.3 is 19.9 Å². The quantitative estimate of drug-likeness (QED) is 0.829. The number of methoxy groups -OCH3 is 1. The second-order valence-corrected chi connectivity index (χ2v) is 6.05. The number of nitrogens with zero attached hydrogens (tertiary/aromatic N) is 4. The molecule has 0 spiro atoms. The molecule has 0 atom stereocenters. The van der Waals surface area contributed by atoms with Crippen LogP contribution in [0.4, 0.5) is 11.5 Å². The predicted molar refractivity (Wildman–Crippen MR) is 96.5 cm³/mol. The van der Waals surface area contributed by atoms with Gasteiger partial charge in [-0.25, -0.2) is 14.8 Å². The first-order valence-corrected chi connectivity index (χ1v) is 8.32. The summed E-state index contributed by atoms with van der Waals surface area (Å²) in [7, 11) is 3.36. The molecule has 1 aliphatic heterocycles. The second kappa shape index (κ2) is 7.92. The average Bonchev–Trinajstić information content (AvgIpc) is 2.68. The van der Waals surface area contributed by atoms with Crippen LogP contribution in [0, 0.1) is 0 Å². The highest BCUT2D eigenvalue weighted by atomic mass is 16.5. The van der Waals surface area contributed by atoms with Crippen molar-refractivity contribution in [3.05, 3.63) is 47.9 Å². The summed E-state index contributed by atoms with van der Waals surface area (Å²) in [5.74, 6) is -0.130. The molecule has 1 saturated heterocycles. The SMILES string of the molecule is COC(=O)c1ccccc1Nc1cc(C(=O)N2CCN(C)CC2)ncn1. The topological polar surface area (TPSA) is 87.7 Å². The normalized spacial score (nSPS) is 14.8. The van der Waals surface area contributed by atoms with Crippen LogP contribution in [0.15, 0.2) is 36.7 Å². The molecule has 1 N–H and O–H groups in total. The molecule has 0 aliphatic carbocycles. The fourth-order valence-corrected chi connectivity index (χ4v) is 2.73. The van der Waals surface area contributed by atoms with Gasteiger partial charge in [0.1, 0.15) is 17.8 Å². The number of carbonyl (C=O) groups excluding carboxylic acids is 2. The summed E-state index contributed by atoms with van der Waals surface area (Å²) in [4.78, 5) is 36.7. The van der Waals surface area contributed by atoms with Crippen LogP contribution in [-0.4, -0.2) is 72.0 Å². The summed E-state index contributed by atoms with van der Waals surface area (Å²) in [5, 5.41) is 3.06. The van der Waals surface area contributed by atoms with Crippen molar-refractivity contribution in [2.75, 3.05) is 45.7 Å². The fourth-order valence-electron chi connectivity index (χ4n) is 2.73. The number of nitrogens with one attached hydrogen (secondary N) is 1. The molecule has 1 amide bonds. The van der Waals surface area contributed by atoms with E-state index in [1.165, 1.54) is 13.4 Å². The van der Waals surface area contributed by atoms with E-state index in [2.05, 4.69) is 20.2 Å². The third kappa shape index (κ3) is 3.97. The number of likely N-dealkylation sites (N-methyl/N-ethyl adjacent to an activating group) is 1. The molecule has 1 aromatic heterocycles. The molecule has 1 fully saturated rings. The van der Waals surface area contributed by atoms with Crippen molar-refractivity contribution >= 4 is 23.4 Å². The zero-order chi connectivity index (χ0) is 18.5. The van der Waals surface area contributed by atoms with Crippen molar-refractivity contribution in [1.29, 1.82) is 0 Å². The highest BCUT2D eigenvalue weighted by Crippen LogP contribution is 2.20. The standard InChI is InChI=1S/C18H21N5O3/c1-22-7-9-23(10-8-22)17(24)15-11-16(20-12-19-15)21-14-6-4-3-5-13(14)18(25)26-2/h3-6,11-12H,7-10H2,1-2H3,(H,19,20,21). The van der Waals surface area contributed by atoms with Crippen LogP contribution in [0.5, 0.6) is 0 Å². The van der Waals surface area contributed by atoms with Gasteiger partial charge in [-0.1, -0.05) is 12.1 Å². The number of amides is 1. The molecule has 8 heteroatoms. The Hall–Kier alpha value is -3.00. The Kier molecular flexibility index (Phi) is 5.43. The smallest absolute Gasteiger partial charge is 0.339 e. The van der Waals surface area contributed by atoms with Gasteiger partial charge in [-0.15, -0.1) is 0 Å². The van der Waals surface area contributed by atoms with Gasteiger partial charge in [0.05, 0.1) is 18.4 Å². The number of ether oxygens (including phenoxy) is 1. The minimum atomic E-state index is -0.448. The lowest BCUT2D eigenvalue weighted by Crippen LogP contribution is -2.47. The molecule has 1 aromatic carbocycles. The number of hydrogen-bond donors (Lipinski definition) is 1. The summed E-state index contributed by atoms with van der Waals surface area (Å²) < 4.78 is 4.79. The van der Waals surface area contributed by atoms with Gasteiger partial charge in [-0.3, -0.25) is 4.79 Å². The van der Waals surface area contributed by atoms with Gasteiger partial charge in [0.15, 0.2) is 0 Å². The van der Waals surface area contributed by atoms with Crippen LogP contribution in [0.2, 0.25) is 0 Å². The Balaban J connectivity index is 1.78. The summed E-state index contributed by atoms with van der Waals surface area (Å²) in [6.45, 7) is 3.03. The van der Waals surface area contributed by atoms with Crippen LogP contribution in [0.1, 0.15) is 20.8 Å². The third-order valence-electron chi connectivity index (χ3n) is 4.27. The number of anilines is 2. The number of aromatic nitrogens is 2. The van der Waals surface area contributed by atoms with E-state index in [0.29, 0.717) is 35.9 Å². The molecular formula is C18H21N5O3. The first kappa shape index (κ1) is 17.8. The van der Waals surface area contributed by atoms with Gasteiger partial charge in [0.2, 0.25) is 0 Å². The van der Waals surface area contributed by atoms with Gasteiger partial charge >= 0.3 is 5.97 Å². The molecule has 3 rings (SSSR count). The molecule has 1 aliphatic rings. The van der Waals surface area contributed by atoms with Gasteiger partial charge in [-0.2, -0.15) is 0 Å². The first-order chi connectivity index (χ1) is 12.6. The van der Waals surface area contributed by atoms with Crippen molar-refractivity contribution in [1.82, 2.24) is 19.8 Å². The van der Waals surface area contributed by atoms with Gasteiger partial charge in [0, 0.05) is 32.2 Å². The van der Waals surface area contributed by atoms with Crippen LogP contribution in [-0.2, 0) is 4.74 Å². The number of para-hydroxylation sites is 1. The average molecular weight is 355 g/mol. The van der Waals surface area contributed by atoms with Crippen molar-refractivity contribution in [2.45, 2.75) is 0 Å². The molecular weight excluding hydrogens is 334 g/mol. The summed E-state index contributed by atoms with van der Waals surface area (Å²) >= 11 is 0. The minimum absolute atomic E-state index is 0.121. The van der Waals surface area contributed by atoms with E-state index in [9.17, 15) is 9.59 Å². The maximum atomic E-state index is 12.6. The number of piperazine rings is 1. The highest BCUT2D eigenvalue weighted by Gasteiger charge is 2.22. The van der Waals surface area contributed by atoms with E-state index in [-0.39, 0.29) is 5.91 Å². The highest BCUT2D eigenvalue weighted by molar-refractivity contribution is 5.97. The van der Waals surface area contributed by atoms with E-state index in [1.807, 2.05) is 7.05 Å². The Morgan fingerprint density at radius 1 is 1.12 bits per heavy atom. The number of esters is 1. The maximum absolute atomic E-state index is 12.6. The van der Waals surface area contributed by atoms with E-state index in [4.69, 9.17) is 4.74 Å². The van der Waals surface area contributed by atoms with Crippen LogP contribution >= 0.6 is 0 Å². The Morgan fingerprint density at radius 2 is 1.85 bits per heavy atom. The molecule has 0 bridgehead atoms. The Morgan fingerprint density at radius 3 is 2.58 bits per heavy atom. The fraction of sp³-hybridized carbons (Fsp3) is 0.333. The molecule has 0 radical (unpaired) electrons. The third-order valence-corrected chi connectivity index (χ3v) is 4.27. The van der Waals surface area contributed by atoms with E-state index < -0.39 is 5.97 Å². The van der Waals surface area contributed by atoms with Crippen molar-refractivity contribution in [3.63, 3.8) is 0 Å². The molecule has 2 heterocycles. The monoisotopic (exact) mass is 355 g/mol. The van der Waals surface area contributed by atoms with Crippen molar-refractivity contribution < 1.29 is 14.3 Å². The molecule has 0 saturated carbocycles. The van der Waals surface area contributed by atoms with Crippen LogP contribution in [0.25, 0.3) is 0 Å². The molecule has 136 valence electrons. The number of hydrogen-bond acceptors (Lipinski definition) is 7. The number of carbonyl (C=O) groups is 2. The lowest BCUT2D eigenvalue weighted by atomic mass is 10.2. The lowest BCUT2D eigenvalue weighted by molar-refractivity contribution is 0.0600. The Labute approximate surface area is 151 Å². The minimum Gasteiger partial charge on any atom is -0.465 e. The van der Waals surface area contributed by atoms with Crippen molar-refractivity contribution in [2.24, 2.45) is 0 Å². The van der Waals surface area contributed by atoms with Crippen molar-refractivity contribution in [3.8, 4) is 0 Å². The van der Waals surface area contributed by atoms with E-state index >= 15 is 0 Å². The Bertz CT molecular complexity index is 803. The van der Waals surface area contributed by atoms with Crippen LogP contribution < -0.4 is 5.32 Å². The van der Waals surface area contributed by atoms with Gasteiger partial charge in [0.25, 0.3) is 5.91 Å².